The lowest BCUT2D eigenvalue weighted by Crippen LogP contribution is -2.36. The molecule has 2 rings (SSSR count). The van der Waals surface area contributed by atoms with Gasteiger partial charge in [0.1, 0.15) is 5.69 Å². The first kappa shape index (κ1) is 19.3. The Bertz CT molecular complexity index is 476. The van der Waals surface area contributed by atoms with E-state index in [1.807, 2.05) is 24.7 Å². The van der Waals surface area contributed by atoms with Crippen molar-refractivity contribution in [2.24, 2.45) is 5.92 Å². The van der Waals surface area contributed by atoms with Gasteiger partial charge in [-0.3, -0.25) is 0 Å². The normalized spacial score (nSPS) is 18.9. The van der Waals surface area contributed by atoms with Gasteiger partial charge in [-0.15, -0.1) is 5.10 Å². The zero-order chi connectivity index (χ0) is 17.6. The van der Waals surface area contributed by atoms with Crippen LogP contribution in [-0.4, -0.2) is 55.3 Å². The molecule has 0 amide bonds. The van der Waals surface area contributed by atoms with E-state index in [4.69, 9.17) is 5.11 Å². The lowest BCUT2D eigenvalue weighted by molar-refractivity contribution is 0.0666. The SMILES string of the molecule is C[C@H](CCCC(C)(C)O)CCN1CCC(n2cc(CO)nn2)CC1. The van der Waals surface area contributed by atoms with Crippen molar-refractivity contribution in [1.82, 2.24) is 19.9 Å². The van der Waals surface area contributed by atoms with Crippen LogP contribution in [0.25, 0.3) is 0 Å². The molecule has 1 aromatic heterocycles. The summed E-state index contributed by atoms with van der Waals surface area (Å²) < 4.78 is 1.92. The second-order valence-corrected chi connectivity index (χ2v) is 8.02. The maximum atomic E-state index is 9.77. The molecule has 0 radical (unpaired) electrons. The highest BCUT2D eigenvalue weighted by atomic mass is 16.3. The Morgan fingerprint density at radius 2 is 2.00 bits per heavy atom. The third-order valence-electron chi connectivity index (χ3n) is 5.07. The zero-order valence-corrected chi connectivity index (χ0v) is 15.5. The van der Waals surface area contributed by atoms with Gasteiger partial charge in [-0.1, -0.05) is 25.0 Å². The fraction of sp³-hybridized carbons (Fsp3) is 0.889. The summed E-state index contributed by atoms with van der Waals surface area (Å²) >= 11 is 0. The van der Waals surface area contributed by atoms with E-state index < -0.39 is 5.60 Å². The van der Waals surface area contributed by atoms with Crippen LogP contribution in [0.1, 0.15) is 71.0 Å². The molecule has 2 heterocycles. The van der Waals surface area contributed by atoms with Gasteiger partial charge in [0.15, 0.2) is 0 Å². The fourth-order valence-corrected chi connectivity index (χ4v) is 3.40. The lowest BCUT2D eigenvalue weighted by atomic mass is 9.95. The molecule has 1 aliphatic rings. The summed E-state index contributed by atoms with van der Waals surface area (Å²) in [5, 5.41) is 26.9. The van der Waals surface area contributed by atoms with E-state index in [1.165, 1.54) is 12.8 Å². The molecule has 0 unspecified atom stereocenters. The van der Waals surface area contributed by atoms with Crippen LogP contribution in [0.3, 0.4) is 0 Å². The van der Waals surface area contributed by atoms with Crippen LogP contribution in [0.15, 0.2) is 6.20 Å². The summed E-state index contributed by atoms with van der Waals surface area (Å²) in [6.45, 7) is 9.44. The van der Waals surface area contributed by atoms with E-state index in [1.54, 1.807) is 0 Å². The molecule has 0 aliphatic carbocycles. The molecule has 6 nitrogen and oxygen atoms in total. The van der Waals surface area contributed by atoms with E-state index in [2.05, 4.69) is 22.1 Å². The second-order valence-electron chi connectivity index (χ2n) is 8.02. The highest BCUT2D eigenvalue weighted by Crippen LogP contribution is 2.23. The van der Waals surface area contributed by atoms with Gasteiger partial charge >= 0.3 is 0 Å². The van der Waals surface area contributed by atoms with Crippen molar-refractivity contribution >= 4 is 0 Å². The van der Waals surface area contributed by atoms with E-state index >= 15 is 0 Å². The molecule has 1 atom stereocenters. The van der Waals surface area contributed by atoms with Gasteiger partial charge in [0.05, 0.1) is 24.4 Å². The van der Waals surface area contributed by atoms with E-state index in [0.29, 0.717) is 17.7 Å². The lowest BCUT2D eigenvalue weighted by Gasteiger charge is -2.32. The highest BCUT2D eigenvalue weighted by molar-refractivity contribution is 4.91. The van der Waals surface area contributed by atoms with Gasteiger partial charge in [0, 0.05) is 13.1 Å². The van der Waals surface area contributed by atoms with Gasteiger partial charge in [0.2, 0.25) is 0 Å². The molecular formula is C18H34N4O2. The summed E-state index contributed by atoms with van der Waals surface area (Å²) in [5.41, 5.74) is 0.121. The van der Waals surface area contributed by atoms with Crippen LogP contribution in [-0.2, 0) is 6.61 Å². The molecule has 0 aromatic carbocycles. The summed E-state index contributed by atoms with van der Waals surface area (Å²) in [5.74, 6) is 0.715. The minimum absolute atomic E-state index is 0.0375. The zero-order valence-electron chi connectivity index (χ0n) is 15.5. The molecule has 0 spiro atoms. The monoisotopic (exact) mass is 338 g/mol. The van der Waals surface area contributed by atoms with Gasteiger partial charge in [0.25, 0.3) is 0 Å². The summed E-state index contributed by atoms with van der Waals surface area (Å²) in [6.07, 6.45) is 8.48. The number of aliphatic hydroxyl groups is 2. The number of hydrogen-bond acceptors (Lipinski definition) is 5. The number of aliphatic hydroxyl groups excluding tert-OH is 1. The van der Waals surface area contributed by atoms with E-state index in [9.17, 15) is 5.11 Å². The minimum atomic E-state index is -0.529. The Labute approximate surface area is 145 Å². The molecular weight excluding hydrogens is 304 g/mol. The highest BCUT2D eigenvalue weighted by Gasteiger charge is 2.22. The predicted molar refractivity (Wildman–Crippen MR) is 94.6 cm³/mol. The quantitative estimate of drug-likeness (QED) is 0.723. The molecule has 0 saturated carbocycles. The number of aromatic nitrogens is 3. The number of likely N-dealkylation sites (tertiary alicyclic amines) is 1. The van der Waals surface area contributed by atoms with Crippen LogP contribution in [0.4, 0.5) is 0 Å². The van der Waals surface area contributed by atoms with Crippen LogP contribution in [0.2, 0.25) is 0 Å². The maximum absolute atomic E-state index is 9.77. The molecule has 1 aromatic rings. The predicted octanol–water partition coefficient (Wildman–Crippen LogP) is 2.37. The second kappa shape index (κ2) is 8.92. The van der Waals surface area contributed by atoms with Crippen molar-refractivity contribution in [3.8, 4) is 0 Å². The topological polar surface area (TPSA) is 74.4 Å². The first-order valence-corrected chi connectivity index (χ1v) is 9.33. The van der Waals surface area contributed by atoms with Crippen LogP contribution >= 0.6 is 0 Å². The molecule has 1 fully saturated rings. The molecule has 2 N–H and O–H groups in total. The van der Waals surface area contributed by atoms with Crippen molar-refractivity contribution < 1.29 is 10.2 Å². The number of nitrogens with zero attached hydrogens (tertiary/aromatic N) is 4. The standard InChI is InChI=1S/C18H34N4O2/c1-15(5-4-9-18(2,3)24)6-10-21-11-7-17(8-12-21)22-13-16(14-23)19-20-22/h13,15,17,23-24H,4-12,14H2,1-3H3/t15-/m1/s1. The average molecular weight is 338 g/mol. The van der Waals surface area contributed by atoms with Gasteiger partial charge in [-0.25, -0.2) is 4.68 Å². The average Bonchev–Trinajstić information content (AvgIpc) is 3.01. The first-order valence-electron chi connectivity index (χ1n) is 9.33. The Morgan fingerprint density at radius 1 is 1.29 bits per heavy atom. The van der Waals surface area contributed by atoms with Gasteiger partial charge < -0.3 is 15.1 Å². The fourth-order valence-electron chi connectivity index (χ4n) is 3.40. The summed E-state index contributed by atoms with van der Waals surface area (Å²) in [4.78, 5) is 2.55. The molecule has 24 heavy (non-hydrogen) atoms. The smallest absolute Gasteiger partial charge is 0.108 e. The maximum Gasteiger partial charge on any atom is 0.108 e. The van der Waals surface area contributed by atoms with Crippen molar-refractivity contribution in [1.29, 1.82) is 0 Å². The third-order valence-corrected chi connectivity index (χ3v) is 5.07. The number of piperidine rings is 1. The van der Waals surface area contributed by atoms with E-state index in [-0.39, 0.29) is 6.61 Å². The Morgan fingerprint density at radius 3 is 2.58 bits per heavy atom. The van der Waals surface area contributed by atoms with Gasteiger partial charge in [-0.05, 0) is 52.0 Å². The van der Waals surface area contributed by atoms with E-state index in [0.717, 1.165) is 45.3 Å². The van der Waals surface area contributed by atoms with Crippen molar-refractivity contribution in [3.05, 3.63) is 11.9 Å². The number of rotatable bonds is 9. The summed E-state index contributed by atoms with van der Waals surface area (Å²) in [6, 6.07) is 0.415. The van der Waals surface area contributed by atoms with Crippen molar-refractivity contribution in [3.63, 3.8) is 0 Å². The summed E-state index contributed by atoms with van der Waals surface area (Å²) in [7, 11) is 0. The Balaban J connectivity index is 1.62. The molecule has 1 saturated heterocycles. The minimum Gasteiger partial charge on any atom is -0.390 e. The third kappa shape index (κ3) is 6.49. The molecule has 6 heteroatoms. The number of hydrogen-bond donors (Lipinski definition) is 2. The van der Waals surface area contributed by atoms with Crippen molar-refractivity contribution in [2.45, 2.75) is 77.5 Å². The van der Waals surface area contributed by atoms with Gasteiger partial charge in [-0.2, -0.15) is 0 Å². The Kier molecular flexibility index (Phi) is 7.19. The molecule has 0 bridgehead atoms. The van der Waals surface area contributed by atoms with Crippen LogP contribution < -0.4 is 0 Å². The van der Waals surface area contributed by atoms with Crippen molar-refractivity contribution in [2.75, 3.05) is 19.6 Å². The largest absolute Gasteiger partial charge is 0.390 e. The first-order chi connectivity index (χ1) is 11.4. The molecule has 138 valence electrons. The van der Waals surface area contributed by atoms with Crippen LogP contribution in [0, 0.1) is 5.92 Å². The molecule has 1 aliphatic heterocycles. The Hall–Kier alpha value is -0.980. The van der Waals surface area contributed by atoms with Crippen LogP contribution in [0.5, 0.6) is 0 Å².